The largest absolute Gasteiger partial charge is 0.378 e. The molecule has 1 heterocycles. The van der Waals surface area contributed by atoms with Crippen LogP contribution in [0.2, 0.25) is 0 Å². The topological polar surface area (TPSA) is 101 Å². The highest BCUT2D eigenvalue weighted by atomic mass is 32.2. The summed E-state index contributed by atoms with van der Waals surface area (Å²) < 4.78 is 29.3. The molecule has 1 aliphatic carbocycles. The molecular formula is C26H25N3O4S. The third-order valence-electron chi connectivity index (χ3n) is 6.80. The van der Waals surface area contributed by atoms with Crippen LogP contribution in [-0.2, 0) is 10.0 Å². The van der Waals surface area contributed by atoms with Crippen LogP contribution in [0, 0.1) is 29.9 Å². The predicted molar refractivity (Wildman–Crippen MR) is 133 cm³/mol. The second-order valence-corrected chi connectivity index (χ2v) is 10.6. The highest BCUT2D eigenvalue weighted by Crippen LogP contribution is 2.50. The van der Waals surface area contributed by atoms with Gasteiger partial charge < -0.3 is 5.32 Å². The summed E-state index contributed by atoms with van der Waals surface area (Å²) in [5.41, 5.74) is 5.00. The van der Waals surface area contributed by atoms with Crippen LogP contribution in [0.4, 0.5) is 17.1 Å². The number of nitrogens with zero attached hydrogens (tertiary/aromatic N) is 1. The fourth-order valence-electron chi connectivity index (χ4n) is 5.07. The Hall–Kier alpha value is -3.65. The van der Waals surface area contributed by atoms with Crippen LogP contribution in [0.1, 0.15) is 40.6 Å². The Labute approximate surface area is 198 Å². The van der Waals surface area contributed by atoms with Crippen molar-refractivity contribution in [3.63, 3.8) is 0 Å². The Morgan fingerprint density at radius 3 is 2.50 bits per heavy atom. The molecule has 2 aliphatic rings. The molecule has 0 amide bonds. The Kier molecular flexibility index (Phi) is 5.40. The quantitative estimate of drug-likeness (QED) is 0.274. The van der Waals surface area contributed by atoms with Gasteiger partial charge in [-0.25, -0.2) is 8.42 Å². The van der Waals surface area contributed by atoms with Crippen LogP contribution >= 0.6 is 0 Å². The van der Waals surface area contributed by atoms with E-state index in [9.17, 15) is 18.5 Å². The minimum atomic E-state index is -3.78. The van der Waals surface area contributed by atoms with E-state index in [4.69, 9.17) is 0 Å². The number of nitro benzene ring substituents is 1. The highest BCUT2D eigenvalue weighted by Gasteiger charge is 2.38. The van der Waals surface area contributed by atoms with E-state index >= 15 is 0 Å². The number of benzene rings is 3. The van der Waals surface area contributed by atoms with E-state index < -0.39 is 10.0 Å². The van der Waals surface area contributed by atoms with E-state index in [-0.39, 0.29) is 33.4 Å². The Balaban J connectivity index is 1.50. The first kappa shape index (κ1) is 22.2. The number of nitrogens with one attached hydrogen (secondary N) is 2. The Morgan fingerprint density at radius 2 is 1.76 bits per heavy atom. The van der Waals surface area contributed by atoms with Gasteiger partial charge in [-0.15, -0.1) is 0 Å². The van der Waals surface area contributed by atoms with Gasteiger partial charge in [0.25, 0.3) is 15.7 Å². The number of anilines is 2. The molecule has 3 aromatic carbocycles. The van der Waals surface area contributed by atoms with Crippen molar-refractivity contribution < 1.29 is 13.3 Å². The molecular weight excluding hydrogens is 450 g/mol. The van der Waals surface area contributed by atoms with Gasteiger partial charge in [0.15, 0.2) is 0 Å². The maximum absolute atomic E-state index is 13.3. The molecule has 3 aromatic rings. The number of fused-ring (bicyclic) bond motifs is 3. The molecule has 34 heavy (non-hydrogen) atoms. The van der Waals surface area contributed by atoms with E-state index in [0.717, 1.165) is 34.4 Å². The highest BCUT2D eigenvalue weighted by molar-refractivity contribution is 7.92. The summed E-state index contributed by atoms with van der Waals surface area (Å²) in [7, 11) is -3.78. The molecule has 5 rings (SSSR count). The maximum Gasteiger partial charge on any atom is 0.269 e. The molecule has 0 saturated carbocycles. The average Bonchev–Trinajstić information content (AvgIpc) is 3.31. The lowest BCUT2D eigenvalue weighted by atomic mass is 9.77. The van der Waals surface area contributed by atoms with E-state index in [1.54, 1.807) is 30.3 Å². The summed E-state index contributed by atoms with van der Waals surface area (Å²) in [5.74, 6) is 0.162. The van der Waals surface area contributed by atoms with Gasteiger partial charge in [-0.05, 0) is 66.6 Å². The zero-order valence-electron chi connectivity index (χ0n) is 18.9. The first-order valence-electron chi connectivity index (χ1n) is 11.1. The molecule has 7 nitrogen and oxygen atoms in total. The maximum atomic E-state index is 13.3. The molecule has 0 aromatic heterocycles. The molecule has 0 radical (unpaired) electrons. The molecule has 0 unspecified atom stereocenters. The standard InChI is InChI=1S/C26H25N3O4S/c1-16-6-3-7-17(2)25(16)28-34(32,33)20-12-13-24-23(15-20)21-10-5-11-22(21)26(27-24)18-8-4-9-19(14-18)29(30)31/h3-10,12-15,21-22,26-28H,11H2,1-2H3/t21-,22+,26+/m0/s1. The molecule has 2 N–H and O–H groups in total. The summed E-state index contributed by atoms with van der Waals surface area (Å²) >= 11 is 0. The van der Waals surface area contributed by atoms with Crippen molar-refractivity contribution in [2.24, 2.45) is 5.92 Å². The molecule has 3 atom stereocenters. The van der Waals surface area contributed by atoms with Crippen molar-refractivity contribution in [2.45, 2.75) is 37.1 Å². The number of rotatable bonds is 5. The van der Waals surface area contributed by atoms with E-state index in [2.05, 4.69) is 22.2 Å². The van der Waals surface area contributed by atoms with E-state index in [1.165, 1.54) is 6.07 Å². The smallest absolute Gasteiger partial charge is 0.269 e. The van der Waals surface area contributed by atoms with Gasteiger partial charge in [-0.2, -0.15) is 0 Å². The molecule has 0 fully saturated rings. The van der Waals surface area contributed by atoms with Crippen molar-refractivity contribution in [2.75, 3.05) is 10.0 Å². The summed E-state index contributed by atoms with van der Waals surface area (Å²) in [6.45, 7) is 3.76. The Morgan fingerprint density at radius 1 is 1.03 bits per heavy atom. The van der Waals surface area contributed by atoms with E-state index in [1.807, 2.05) is 38.1 Å². The zero-order valence-corrected chi connectivity index (χ0v) is 19.7. The second kappa shape index (κ2) is 8.29. The SMILES string of the molecule is Cc1cccc(C)c1NS(=O)(=O)c1ccc2c(c1)[C@H]1C=CC[C@H]1[C@@H](c1cccc([N+](=O)[O-])c1)N2. The molecule has 0 saturated heterocycles. The normalized spacial score (nSPS) is 20.8. The van der Waals surface area contributed by atoms with Crippen LogP contribution < -0.4 is 10.0 Å². The summed E-state index contributed by atoms with van der Waals surface area (Å²) in [5, 5.41) is 14.8. The lowest BCUT2D eigenvalue weighted by molar-refractivity contribution is -0.384. The number of hydrogen-bond acceptors (Lipinski definition) is 5. The lowest BCUT2D eigenvalue weighted by Gasteiger charge is -2.37. The van der Waals surface area contributed by atoms with Crippen LogP contribution in [0.5, 0.6) is 0 Å². The van der Waals surface area contributed by atoms with Crippen LogP contribution in [-0.4, -0.2) is 13.3 Å². The zero-order chi connectivity index (χ0) is 24.0. The van der Waals surface area contributed by atoms with Gasteiger partial charge >= 0.3 is 0 Å². The number of allylic oxidation sites excluding steroid dienone is 2. The number of hydrogen-bond donors (Lipinski definition) is 2. The summed E-state index contributed by atoms with van der Waals surface area (Å²) in [6.07, 6.45) is 5.03. The number of non-ortho nitro benzene ring substituents is 1. The van der Waals surface area contributed by atoms with Gasteiger partial charge in [-0.1, -0.05) is 42.5 Å². The summed E-state index contributed by atoms with van der Waals surface area (Å²) in [6, 6.07) is 17.4. The third kappa shape index (κ3) is 3.84. The van der Waals surface area contributed by atoms with Crippen LogP contribution in [0.15, 0.2) is 77.7 Å². The first-order valence-corrected chi connectivity index (χ1v) is 12.6. The molecule has 0 spiro atoms. The van der Waals surface area contributed by atoms with Gasteiger partial charge in [-0.3, -0.25) is 14.8 Å². The first-order chi connectivity index (χ1) is 16.2. The fraction of sp³-hybridized carbons (Fsp3) is 0.231. The van der Waals surface area contributed by atoms with E-state index in [0.29, 0.717) is 5.69 Å². The predicted octanol–water partition coefficient (Wildman–Crippen LogP) is 5.84. The minimum Gasteiger partial charge on any atom is -0.378 e. The molecule has 174 valence electrons. The minimum absolute atomic E-state index is 0.0239. The Bertz CT molecular complexity index is 1410. The van der Waals surface area contributed by atoms with Crippen molar-refractivity contribution >= 4 is 27.1 Å². The molecule has 0 bridgehead atoms. The second-order valence-electron chi connectivity index (χ2n) is 8.95. The van der Waals surface area contributed by atoms with Crippen molar-refractivity contribution in [1.29, 1.82) is 0 Å². The van der Waals surface area contributed by atoms with Gasteiger partial charge in [0.1, 0.15) is 0 Å². The molecule has 1 aliphatic heterocycles. The third-order valence-corrected chi connectivity index (χ3v) is 8.15. The summed E-state index contributed by atoms with van der Waals surface area (Å²) in [4.78, 5) is 11.1. The van der Waals surface area contributed by atoms with Crippen molar-refractivity contribution in [3.8, 4) is 0 Å². The molecule has 8 heteroatoms. The number of aryl methyl sites for hydroxylation is 2. The van der Waals surface area contributed by atoms with Crippen LogP contribution in [0.25, 0.3) is 0 Å². The van der Waals surface area contributed by atoms with Crippen molar-refractivity contribution in [3.05, 3.63) is 105 Å². The van der Waals surface area contributed by atoms with Gasteiger partial charge in [0.05, 0.1) is 21.5 Å². The number of nitro groups is 1. The number of para-hydroxylation sites is 1. The fourth-order valence-corrected chi connectivity index (χ4v) is 6.31. The monoisotopic (exact) mass is 475 g/mol. The lowest BCUT2D eigenvalue weighted by Crippen LogP contribution is -2.29. The van der Waals surface area contributed by atoms with Crippen LogP contribution in [0.3, 0.4) is 0 Å². The average molecular weight is 476 g/mol. The van der Waals surface area contributed by atoms with Gasteiger partial charge in [0.2, 0.25) is 0 Å². The van der Waals surface area contributed by atoms with Gasteiger partial charge in [0, 0.05) is 23.7 Å². The van der Waals surface area contributed by atoms with Crippen molar-refractivity contribution in [1.82, 2.24) is 0 Å². The number of sulfonamides is 1.